The second-order valence-electron chi connectivity index (χ2n) is 4.96. The van der Waals surface area contributed by atoms with Gasteiger partial charge in [0.1, 0.15) is 5.75 Å². The number of piperidine rings is 1. The second-order valence-corrected chi connectivity index (χ2v) is 4.96. The predicted octanol–water partition coefficient (Wildman–Crippen LogP) is 2.04. The molecule has 19 heavy (non-hydrogen) atoms. The molecule has 0 radical (unpaired) electrons. The zero-order valence-electron chi connectivity index (χ0n) is 11.5. The van der Waals surface area contributed by atoms with Crippen LogP contribution in [0.5, 0.6) is 5.75 Å². The molecule has 4 nitrogen and oxygen atoms in total. The number of ether oxygens (including phenoxy) is 1. The lowest BCUT2D eigenvalue weighted by atomic mass is 9.98. The Bertz CT molecular complexity index is 432. The van der Waals surface area contributed by atoms with Crippen molar-refractivity contribution in [2.24, 2.45) is 5.73 Å². The standard InChI is InChI=1S/C15H22N2O2/c1-19-14-7-4-5-12(11-14)15(18)17-10-3-2-6-13(17)8-9-16/h4-5,7,11,13H,2-3,6,8-10,16H2,1H3. The molecular formula is C15H22N2O2. The molecule has 1 saturated heterocycles. The Morgan fingerprint density at radius 3 is 3.05 bits per heavy atom. The van der Waals surface area contributed by atoms with E-state index in [-0.39, 0.29) is 11.9 Å². The van der Waals surface area contributed by atoms with Gasteiger partial charge in [-0.1, -0.05) is 6.07 Å². The van der Waals surface area contributed by atoms with E-state index in [0.29, 0.717) is 12.1 Å². The normalized spacial score (nSPS) is 19.3. The molecule has 0 saturated carbocycles. The van der Waals surface area contributed by atoms with Gasteiger partial charge in [0.05, 0.1) is 7.11 Å². The van der Waals surface area contributed by atoms with Crippen molar-refractivity contribution in [3.63, 3.8) is 0 Å². The Labute approximate surface area is 114 Å². The number of hydrogen-bond acceptors (Lipinski definition) is 3. The fourth-order valence-corrected chi connectivity index (χ4v) is 2.68. The summed E-state index contributed by atoms with van der Waals surface area (Å²) < 4.78 is 5.18. The maximum atomic E-state index is 12.6. The summed E-state index contributed by atoms with van der Waals surface area (Å²) in [6, 6.07) is 7.64. The summed E-state index contributed by atoms with van der Waals surface area (Å²) in [4.78, 5) is 14.6. The summed E-state index contributed by atoms with van der Waals surface area (Å²) in [5, 5.41) is 0. The molecule has 0 spiro atoms. The van der Waals surface area contributed by atoms with E-state index in [1.807, 2.05) is 23.1 Å². The third-order valence-electron chi connectivity index (χ3n) is 3.70. The van der Waals surface area contributed by atoms with Crippen molar-refractivity contribution in [2.75, 3.05) is 20.2 Å². The molecule has 4 heteroatoms. The van der Waals surface area contributed by atoms with Crippen LogP contribution in [0.1, 0.15) is 36.0 Å². The summed E-state index contributed by atoms with van der Waals surface area (Å²) in [5.74, 6) is 0.815. The lowest BCUT2D eigenvalue weighted by Gasteiger charge is -2.35. The first-order chi connectivity index (χ1) is 9.26. The predicted molar refractivity (Wildman–Crippen MR) is 75.3 cm³/mol. The minimum atomic E-state index is 0.0945. The lowest BCUT2D eigenvalue weighted by molar-refractivity contribution is 0.0604. The first kappa shape index (κ1) is 13.9. The molecule has 1 aromatic rings. The minimum Gasteiger partial charge on any atom is -0.497 e. The van der Waals surface area contributed by atoms with Crippen LogP contribution in [-0.4, -0.2) is 37.0 Å². The van der Waals surface area contributed by atoms with Crippen molar-refractivity contribution in [2.45, 2.75) is 31.7 Å². The first-order valence-corrected chi connectivity index (χ1v) is 6.91. The third kappa shape index (κ3) is 3.26. The van der Waals surface area contributed by atoms with E-state index < -0.39 is 0 Å². The molecule has 1 heterocycles. The van der Waals surface area contributed by atoms with Gasteiger partial charge in [0.15, 0.2) is 0 Å². The van der Waals surface area contributed by atoms with Gasteiger partial charge < -0.3 is 15.4 Å². The van der Waals surface area contributed by atoms with Gasteiger partial charge in [0.2, 0.25) is 0 Å². The highest BCUT2D eigenvalue weighted by Gasteiger charge is 2.26. The lowest BCUT2D eigenvalue weighted by Crippen LogP contribution is -2.44. The SMILES string of the molecule is COc1cccc(C(=O)N2CCCCC2CCN)c1. The zero-order chi connectivity index (χ0) is 13.7. The van der Waals surface area contributed by atoms with Crippen LogP contribution in [0.2, 0.25) is 0 Å². The first-order valence-electron chi connectivity index (χ1n) is 6.91. The number of hydrogen-bond donors (Lipinski definition) is 1. The second kappa shape index (κ2) is 6.57. The Kier molecular flexibility index (Phi) is 4.80. The summed E-state index contributed by atoms with van der Waals surface area (Å²) in [6.07, 6.45) is 4.21. The van der Waals surface area contributed by atoms with Gasteiger partial charge in [-0.2, -0.15) is 0 Å². The van der Waals surface area contributed by atoms with Gasteiger partial charge in [-0.05, 0) is 50.4 Å². The minimum absolute atomic E-state index is 0.0945. The van der Waals surface area contributed by atoms with Gasteiger partial charge in [0, 0.05) is 18.2 Å². The topological polar surface area (TPSA) is 55.6 Å². The number of amides is 1. The highest BCUT2D eigenvalue weighted by molar-refractivity contribution is 5.94. The van der Waals surface area contributed by atoms with E-state index in [4.69, 9.17) is 10.5 Å². The molecule has 1 atom stereocenters. The van der Waals surface area contributed by atoms with Crippen LogP contribution >= 0.6 is 0 Å². The molecule has 1 aliphatic heterocycles. The number of carbonyl (C=O) groups is 1. The highest BCUT2D eigenvalue weighted by Crippen LogP contribution is 2.23. The van der Waals surface area contributed by atoms with Crippen molar-refractivity contribution in [3.8, 4) is 5.75 Å². The Balaban J connectivity index is 2.16. The molecular weight excluding hydrogens is 240 g/mol. The van der Waals surface area contributed by atoms with Crippen molar-refractivity contribution in [1.29, 1.82) is 0 Å². The monoisotopic (exact) mass is 262 g/mol. The smallest absolute Gasteiger partial charge is 0.254 e. The molecule has 0 aromatic heterocycles. The summed E-state index contributed by atoms with van der Waals surface area (Å²) in [7, 11) is 1.61. The average Bonchev–Trinajstić information content (AvgIpc) is 2.47. The van der Waals surface area contributed by atoms with Gasteiger partial charge in [-0.25, -0.2) is 0 Å². The number of nitrogens with two attached hydrogens (primary N) is 1. The quantitative estimate of drug-likeness (QED) is 0.903. The number of benzene rings is 1. The van der Waals surface area contributed by atoms with Crippen LogP contribution in [0.3, 0.4) is 0 Å². The molecule has 2 rings (SSSR count). The number of carbonyl (C=O) groups excluding carboxylic acids is 1. The van der Waals surface area contributed by atoms with Gasteiger partial charge in [-0.3, -0.25) is 4.79 Å². The van der Waals surface area contributed by atoms with Crippen molar-refractivity contribution in [1.82, 2.24) is 4.90 Å². The van der Waals surface area contributed by atoms with Gasteiger partial charge in [0.25, 0.3) is 5.91 Å². The number of rotatable bonds is 4. The molecule has 1 unspecified atom stereocenters. The third-order valence-corrected chi connectivity index (χ3v) is 3.70. The molecule has 2 N–H and O–H groups in total. The molecule has 1 aromatic carbocycles. The molecule has 1 amide bonds. The van der Waals surface area contributed by atoms with Crippen LogP contribution in [0.4, 0.5) is 0 Å². The van der Waals surface area contributed by atoms with E-state index >= 15 is 0 Å². The number of nitrogens with zero attached hydrogens (tertiary/aromatic N) is 1. The van der Waals surface area contributed by atoms with Gasteiger partial charge in [-0.15, -0.1) is 0 Å². The number of likely N-dealkylation sites (tertiary alicyclic amines) is 1. The van der Waals surface area contributed by atoms with Crippen LogP contribution in [-0.2, 0) is 0 Å². The zero-order valence-corrected chi connectivity index (χ0v) is 11.5. The molecule has 1 fully saturated rings. The van der Waals surface area contributed by atoms with E-state index in [9.17, 15) is 4.79 Å². The number of methoxy groups -OCH3 is 1. The maximum absolute atomic E-state index is 12.6. The Morgan fingerprint density at radius 2 is 2.32 bits per heavy atom. The molecule has 1 aliphatic rings. The molecule has 0 aliphatic carbocycles. The highest BCUT2D eigenvalue weighted by atomic mass is 16.5. The van der Waals surface area contributed by atoms with Crippen LogP contribution in [0.25, 0.3) is 0 Å². The fourth-order valence-electron chi connectivity index (χ4n) is 2.68. The summed E-state index contributed by atoms with van der Waals surface area (Å²) >= 11 is 0. The Hall–Kier alpha value is -1.55. The van der Waals surface area contributed by atoms with Crippen molar-refractivity contribution in [3.05, 3.63) is 29.8 Å². The van der Waals surface area contributed by atoms with E-state index in [1.165, 1.54) is 6.42 Å². The average molecular weight is 262 g/mol. The largest absolute Gasteiger partial charge is 0.497 e. The maximum Gasteiger partial charge on any atom is 0.254 e. The summed E-state index contributed by atoms with van der Waals surface area (Å²) in [6.45, 7) is 1.47. The summed E-state index contributed by atoms with van der Waals surface area (Å²) in [5.41, 5.74) is 6.35. The fraction of sp³-hybridized carbons (Fsp3) is 0.533. The van der Waals surface area contributed by atoms with Crippen LogP contribution < -0.4 is 10.5 Å². The van der Waals surface area contributed by atoms with Crippen LogP contribution in [0, 0.1) is 0 Å². The molecule has 104 valence electrons. The Morgan fingerprint density at radius 1 is 1.47 bits per heavy atom. The van der Waals surface area contributed by atoms with Crippen molar-refractivity contribution < 1.29 is 9.53 Å². The van der Waals surface area contributed by atoms with Gasteiger partial charge >= 0.3 is 0 Å². The van der Waals surface area contributed by atoms with E-state index in [0.717, 1.165) is 31.6 Å². The van der Waals surface area contributed by atoms with Crippen LogP contribution in [0.15, 0.2) is 24.3 Å². The van der Waals surface area contributed by atoms with E-state index in [1.54, 1.807) is 13.2 Å². The van der Waals surface area contributed by atoms with Crippen molar-refractivity contribution >= 4 is 5.91 Å². The molecule has 0 bridgehead atoms. The van der Waals surface area contributed by atoms with E-state index in [2.05, 4.69) is 0 Å².